The Bertz CT molecular complexity index is 784. The molecule has 1 saturated heterocycles. The molecule has 1 aliphatic heterocycles. The summed E-state index contributed by atoms with van der Waals surface area (Å²) < 4.78 is 13.4. The fourth-order valence-electron chi connectivity index (χ4n) is 6.64. The highest BCUT2D eigenvalue weighted by Crippen LogP contribution is 2.66. The molecule has 0 aromatic heterocycles. The third kappa shape index (κ3) is 4.58. The summed E-state index contributed by atoms with van der Waals surface area (Å²) in [6.45, 7) is 9.23. The summed E-state index contributed by atoms with van der Waals surface area (Å²) >= 11 is 0. The zero-order valence-corrected chi connectivity index (χ0v) is 20.5. The summed E-state index contributed by atoms with van der Waals surface area (Å²) in [5.74, 6) is 1.63. The average molecular weight is 439 g/mol. The largest absolute Gasteiger partial charge is 0.461 e. The zero-order valence-electron chi connectivity index (χ0n) is 20.5. The highest BCUT2D eigenvalue weighted by molar-refractivity contribution is 6.47. The van der Waals surface area contributed by atoms with E-state index in [4.69, 9.17) is 15.0 Å². The summed E-state index contributed by atoms with van der Waals surface area (Å²) in [5.41, 5.74) is 7.60. The number of rotatable bonds is 11. The lowest BCUT2D eigenvalue weighted by Gasteiger charge is -2.64. The minimum atomic E-state index is -0.336. The Hall–Kier alpha value is -1.17. The first-order valence-corrected chi connectivity index (χ1v) is 12.9. The van der Waals surface area contributed by atoms with Crippen LogP contribution in [-0.4, -0.2) is 30.6 Å². The topological polar surface area (TPSA) is 61.6 Å². The maximum absolute atomic E-state index is 12.8. The lowest BCUT2D eigenvalue weighted by molar-refractivity contribution is -0.199. The zero-order chi connectivity index (χ0) is 22.9. The Balaban J connectivity index is 1.43. The normalized spacial score (nSPS) is 32.2. The van der Waals surface area contributed by atoms with Crippen molar-refractivity contribution in [1.82, 2.24) is 0 Å². The number of unbranched alkanes of at least 4 members (excludes halogenated alkanes) is 2. The van der Waals surface area contributed by atoms with Crippen molar-refractivity contribution in [3.05, 3.63) is 35.9 Å². The molecule has 3 aliphatic carbocycles. The van der Waals surface area contributed by atoms with Gasteiger partial charge in [-0.25, -0.2) is 0 Å². The average Bonchev–Trinajstić information content (AvgIpc) is 3.14. The predicted molar refractivity (Wildman–Crippen MR) is 130 cm³/mol. The lowest BCUT2D eigenvalue weighted by atomic mass is 9.43. The van der Waals surface area contributed by atoms with Gasteiger partial charge in [-0.15, -0.1) is 0 Å². The molecular weight excluding hydrogens is 397 g/mol. The molecule has 5 rings (SSSR count). The van der Waals surface area contributed by atoms with Gasteiger partial charge in [0.25, 0.3) is 0 Å². The van der Waals surface area contributed by atoms with E-state index in [1.165, 1.54) is 12.0 Å². The van der Waals surface area contributed by atoms with Gasteiger partial charge in [0.1, 0.15) is 5.78 Å². The van der Waals surface area contributed by atoms with Crippen LogP contribution in [0, 0.1) is 17.3 Å². The number of Topliss-reactive ketones (excluding diaryl/α,β-unsaturated/α-hetero) is 1. The van der Waals surface area contributed by atoms with Gasteiger partial charge >= 0.3 is 7.12 Å². The number of carbonyl (C=O) groups is 1. The van der Waals surface area contributed by atoms with Gasteiger partial charge in [0.15, 0.2) is 0 Å². The van der Waals surface area contributed by atoms with E-state index >= 15 is 0 Å². The molecular formula is C27H42BNO3. The van der Waals surface area contributed by atoms with Gasteiger partial charge in [-0.3, -0.25) is 4.79 Å². The minimum Gasteiger partial charge on any atom is -0.405 e. The van der Waals surface area contributed by atoms with Crippen molar-refractivity contribution in [2.45, 2.75) is 109 Å². The fourth-order valence-corrected chi connectivity index (χ4v) is 6.64. The Labute approximate surface area is 195 Å². The Morgan fingerprint density at radius 1 is 1.16 bits per heavy atom. The lowest BCUT2D eigenvalue weighted by Crippen LogP contribution is -2.65. The molecule has 32 heavy (non-hydrogen) atoms. The SMILES string of the molecule is CCCCC[C@@H](N)C(=O)CC[C@@H](Cc1ccccc1)B1OC2CC3CC(C3(C)C)[C@@]2(C)O1. The summed E-state index contributed by atoms with van der Waals surface area (Å²) in [5, 5.41) is 0. The molecule has 176 valence electrons. The Morgan fingerprint density at radius 2 is 1.91 bits per heavy atom. The van der Waals surface area contributed by atoms with Crippen LogP contribution in [0.2, 0.25) is 5.82 Å². The molecule has 1 heterocycles. The van der Waals surface area contributed by atoms with E-state index in [2.05, 4.69) is 52.0 Å². The molecule has 5 heteroatoms. The van der Waals surface area contributed by atoms with Gasteiger partial charge in [0, 0.05) is 6.42 Å². The second kappa shape index (κ2) is 9.60. The van der Waals surface area contributed by atoms with Crippen molar-refractivity contribution >= 4 is 12.9 Å². The van der Waals surface area contributed by atoms with E-state index in [0.717, 1.165) is 50.9 Å². The van der Waals surface area contributed by atoms with Crippen molar-refractivity contribution in [3.63, 3.8) is 0 Å². The molecule has 0 spiro atoms. The third-order valence-electron chi connectivity index (χ3n) is 8.99. The standard InChI is InChI=1S/C27H42BNO3/c1-5-6-8-13-22(29)23(30)15-14-21(16-19-11-9-7-10-12-19)28-31-25-18-20-17-24(26(20,2)3)27(25,4)32-28/h7,9-12,20-22,24-25H,5-6,8,13-18,29H2,1-4H3/t20?,21-,22+,24?,25?,27+/m0/s1. The summed E-state index contributed by atoms with van der Waals surface area (Å²) in [6, 6.07) is 10.2. The first-order valence-electron chi connectivity index (χ1n) is 12.9. The highest BCUT2D eigenvalue weighted by Gasteiger charge is 2.68. The monoisotopic (exact) mass is 439 g/mol. The maximum Gasteiger partial charge on any atom is 0.461 e. The summed E-state index contributed by atoms with van der Waals surface area (Å²) in [7, 11) is -0.246. The van der Waals surface area contributed by atoms with Crippen molar-refractivity contribution in [2.24, 2.45) is 23.0 Å². The molecule has 3 unspecified atom stereocenters. The van der Waals surface area contributed by atoms with Crippen molar-refractivity contribution in [2.75, 3.05) is 0 Å². The Morgan fingerprint density at radius 3 is 2.59 bits per heavy atom. The third-order valence-corrected chi connectivity index (χ3v) is 8.99. The Kier molecular flexibility index (Phi) is 7.19. The molecule has 1 aromatic rings. The van der Waals surface area contributed by atoms with Crippen LogP contribution in [0.4, 0.5) is 0 Å². The molecule has 0 amide bonds. The van der Waals surface area contributed by atoms with Gasteiger partial charge in [-0.2, -0.15) is 0 Å². The molecule has 3 saturated carbocycles. The van der Waals surface area contributed by atoms with Gasteiger partial charge in [0.2, 0.25) is 0 Å². The van der Waals surface area contributed by atoms with E-state index < -0.39 is 0 Å². The van der Waals surface area contributed by atoms with Crippen LogP contribution < -0.4 is 5.73 Å². The van der Waals surface area contributed by atoms with Crippen LogP contribution in [-0.2, 0) is 20.5 Å². The van der Waals surface area contributed by atoms with Gasteiger partial charge in [0.05, 0.1) is 17.7 Å². The molecule has 2 N–H and O–H groups in total. The highest BCUT2D eigenvalue weighted by atomic mass is 16.7. The van der Waals surface area contributed by atoms with E-state index in [1.54, 1.807) is 0 Å². The van der Waals surface area contributed by atoms with Crippen LogP contribution in [0.5, 0.6) is 0 Å². The second-order valence-electron chi connectivity index (χ2n) is 11.4. The maximum atomic E-state index is 12.8. The number of hydrogen-bond donors (Lipinski definition) is 1. The molecule has 0 radical (unpaired) electrons. The van der Waals surface area contributed by atoms with Crippen molar-refractivity contribution < 1.29 is 14.1 Å². The molecule has 4 fully saturated rings. The minimum absolute atomic E-state index is 0.159. The molecule has 6 atom stereocenters. The van der Waals surface area contributed by atoms with Crippen LogP contribution in [0.15, 0.2) is 30.3 Å². The predicted octanol–water partition coefficient (Wildman–Crippen LogP) is 5.58. The van der Waals surface area contributed by atoms with Gasteiger partial charge < -0.3 is 15.0 Å². The van der Waals surface area contributed by atoms with Crippen molar-refractivity contribution in [3.8, 4) is 0 Å². The van der Waals surface area contributed by atoms with E-state index in [9.17, 15) is 4.79 Å². The van der Waals surface area contributed by atoms with Crippen LogP contribution >= 0.6 is 0 Å². The van der Waals surface area contributed by atoms with E-state index in [1.807, 2.05) is 6.07 Å². The van der Waals surface area contributed by atoms with Crippen LogP contribution in [0.1, 0.15) is 84.6 Å². The molecule has 4 nitrogen and oxygen atoms in total. The number of ketones is 1. The quantitative estimate of drug-likeness (QED) is 0.361. The summed E-state index contributed by atoms with van der Waals surface area (Å²) in [6.07, 6.45) is 8.77. The number of carbonyl (C=O) groups excluding carboxylic acids is 1. The second-order valence-corrected chi connectivity index (χ2v) is 11.4. The first-order chi connectivity index (χ1) is 15.3. The molecule has 2 bridgehead atoms. The first kappa shape index (κ1) is 24.0. The van der Waals surface area contributed by atoms with Gasteiger partial charge in [-0.1, -0.05) is 70.4 Å². The van der Waals surface area contributed by atoms with Gasteiger partial charge in [-0.05, 0) is 67.7 Å². The van der Waals surface area contributed by atoms with Crippen LogP contribution in [0.3, 0.4) is 0 Å². The summed E-state index contributed by atoms with van der Waals surface area (Å²) in [4.78, 5) is 12.8. The van der Waals surface area contributed by atoms with Crippen LogP contribution in [0.25, 0.3) is 0 Å². The van der Waals surface area contributed by atoms with E-state index in [-0.39, 0.29) is 36.5 Å². The van der Waals surface area contributed by atoms with E-state index in [0.29, 0.717) is 17.8 Å². The fraction of sp³-hybridized carbons (Fsp3) is 0.741. The number of hydrogen-bond acceptors (Lipinski definition) is 4. The molecule has 1 aromatic carbocycles. The number of nitrogens with two attached hydrogens (primary N) is 1. The molecule has 4 aliphatic rings. The smallest absolute Gasteiger partial charge is 0.405 e. The number of benzene rings is 1. The van der Waals surface area contributed by atoms with Crippen molar-refractivity contribution in [1.29, 1.82) is 0 Å².